The van der Waals surface area contributed by atoms with Crippen molar-refractivity contribution in [1.29, 1.82) is 0 Å². The minimum absolute atomic E-state index is 0.0558. The van der Waals surface area contributed by atoms with E-state index in [0.29, 0.717) is 17.7 Å². The van der Waals surface area contributed by atoms with Crippen molar-refractivity contribution in [2.45, 2.75) is 13.0 Å². The van der Waals surface area contributed by atoms with Crippen LogP contribution in [-0.4, -0.2) is 27.8 Å². The van der Waals surface area contributed by atoms with Crippen LogP contribution >= 0.6 is 0 Å². The fourth-order valence-electron chi connectivity index (χ4n) is 1.59. The average Bonchev–Trinajstić information content (AvgIpc) is 2.16. The second kappa shape index (κ2) is 3.30. The molecule has 0 radical (unpaired) electrons. The highest BCUT2D eigenvalue weighted by Crippen LogP contribution is 2.25. The summed E-state index contributed by atoms with van der Waals surface area (Å²) in [5, 5.41) is 18.2. The van der Waals surface area contributed by atoms with Crippen LogP contribution in [0.3, 0.4) is 0 Å². The second-order valence-corrected chi connectivity index (χ2v) is 3.31. The molecule has 6 nitrogen and oxygen atoms in total. The first-order chi connectivity index (χ1) is 7.08. The fourth-order valence-corrected chi connectivity index (χ4v) is 1.59. The van der Waals surface area contributed by atoms with Gasteiger partial charge in [0, 0.05) is 13.0 Å². The smallest absolute Gasteiger partial charge is 0.407 e. The van der Waals surface area contributed by atoms with E-state index < -0.39 is 11.7 Å². The maximum Gasteiger partial charge on any atom is 0.407 e. The molecule has 0 atom stereocenters. The minimum Gasteiger partial charge on any atom is -0.507 e. The van der Waals surface area contributed by atoms with Gasteiger partial charge in [-0.3, -0.25) is 0 Å². The predicted molar refractivity (Wildman–Crippen MR) is 48.8 cm³/mol. The number of hydrogen-bond donors (Lipinski definition) is 2. The molecule has 0 fully saturated rings. The van der Waals surface area contributed by atoms with Crippen LogP contribution in [0.2, 0.25) is 0 Å². The fraction of sp³-hybridized carbons (Fsp3) is 0.333. The summed E-state index contributed by atoms with van der Waals surface area (Å²) >= 11 is 0. The Kier molecular flexibility index (Phi) is 2.11. The van der Waals surface area contributed by atoms with E-state index in [9.17, 15) is 14.7 Å². The number of carboxylic acid groups (broad SMARTS) is 1. The van der Waals surface area contributed by atoms with Gasteiger partial charge in [-0.1, -0.05) is 0 Å². The third-order valence-corrected chi connectivity index (χ3v) is 2.35. The summed E-state index contributed by atoms with van der Waals surface area (Å²) in [6.07, 6.45) is -0.739. The maximum atomic E-state index is 10.9. The van der Waals surface area contributed by atoms with Crippen LogP contribution in [0.15, 0.2) is 15.3 Å². The van der Waals surface area contributed by atoms with Crippen molar-refractivity contribution in [3.05, 3.63) is 27.8 Å². The molecule has 6 heteroatoms. The molecule has 0 saturated heterocycles. The predicted octanol–water partition coefficient (Wildman–Crippen LogP) is 0.382. The van der Waals surface area contributed by atoms with Gasteiger partial charge in [0.15, 0.2) is 0 Å². The molecule has 1 aliphatic heterocycles. The Labute approximate surface area is 84.4 Å². The topological polar surface area (TPSA) is 91.0 Å². The van der Waals surface area contributed by atoms with Crippen molar-refractivity contribution in [2.75, 3.05) is 6.54 Å². The van der Waals surface area contributed by atoms with Crippen molar-refractivity contribution in [2.24, 2.45) is 0 Å². The van der Waals surface area contributed by atoms with E-state index in [0.717, 1.165) is 11.0 Å². The van der Waals surface area contributed by atoms with Gasteiger partial charge in [0.1, 0.15) is 11.5 Å². The first-order valence-electron chi connectivity index (χ1n) is 4.40. The molecule has 0 unspecified atom stereocenters. The largest absolute Gasteiger partial charge is 0.507 e. The van der Waals surface area contributed by atoms with Gasteiger partial charge >= 0.3 is 11.7 Å². The van der Waals surface area contributed by atoms with Gasteiger partial charge in [0.05, 0.1) is 18.2 Å². The average molecular weight is 211 g/mol. The zero-order valence-corrected chi connectivity index (χ0v) is 7.77. The molecule has 0 saturated carbocycles. The Morgan fingerprint density at radius 1 is 1.53 bits per heavy atom. The van der Waals surface area contributed by atoms with E-state index >= 15 is 0 Å². The van der Waals surface area contributed by atoms with Gasteiger partial charge in [0.2, 0.25) is 0 Å². The highest BCUT2D eigenvalue weighted by molar-refractivity contribution is 5.65. The molecule has 0 spiro atoms. The monoisotopic (exact) mass is 211 g/mol. The van der Waals surface area contributed by atoms with Gasteiger partial charge in [-0.25, -0.2) is 9.59 Å². The van der Waals surface area contributed by atoms with E-state index in [1.54, 1.807) is 0 Å². The summed E-state index contributed by atoms with van der Waals surface area (Å²) in [6, 6.07) is 0.949. The molecular weight excluding hydrogens is 202 g/mol. The number of amides is 1. The number of rotatable bonds is 0. The first-order valence-corrected chi connectivity index (χ1v) is 4.40. The van der Waals surface area contributed by atoms with E-state index in [1.165, 1.54) is 0 Å². The zero-order chi connectivity index (χ0) is 11.0. The molecule has 0 aromatic carbocycles. The number of fused-ring (bicyclic) bond motifs is 1. The van der Waals surface area contributed by atoms with Crippen molar-refractivity contribution >= 4 is 6.09 Å². The van der Waals surface area contributed by atoms with Gasteiger partial charge < -0.3 is 19.5 Å². The van der Waals surface area contributed by atoms with Crippen LogP contribution in [0.25, 0.3) is 0 Å². The first kappa shape index (κ1) is 9.57. The molecule has 1 aromatic heterocycles. The van der Waals surface area contributed by atoms with Crippen LogP contribution in [0, 0.1) is 0 Å². The molecule has 80 valence electrons. The summed E-state index contributed by atoms with van der Waals surface area (Å²) in [7, 11) is 0. The lowest BCUT2D eigenvalue weighted by atomic mass is 10.1. The lowest BCUT2D eigenvalue weighted by Crippen LogP contribution is -2.35. The Balaban J connectivity index is 2.41. The van der Waals surface area contributed by atoms with Crippen molar-refractivity contribution in [3.8, 4) is 5.75 Å². The summed E-state index contributed by atoms with van der Waals surface area (Å²) in [5.41, 5.74) is -0.238. The molecule has 1 aromatic rings. The number of carbonyl (C=O) groups is 1. The summed E-state index contributed by atoms with van der Waals surface area (Å²) in [6.45, 7) is 0.328. The standard InChI is InChI=1S/C9H9NO5/c11-6-3-8(12)15-7-1-2-10(9(13)14)4-5(6)7/h3,11H,1-2,4H2,(H,13,14). The van der Waals surface area contributed by atoms with Crippen molar-refractivity contribution < 1.29 is 19.4 Å². The van der Waals surface area contributed by atoms with E-state index in [4.69, 9.17) is 9.52 Å². The highest BCUT2D eigenvalue weighted by Gasteiger charge is 2.24. The molecule has 0 bridgehead atoms. The SMILES string of the molecule is O=C(O)N1CCc2oc(=O)cc(O)c2C1. The van der Waals surface area contributed by atoms with E-state index in [1.807, 2.05) is 0 Å². The van der Waals surface area contributed by atoms with Gasteiger partial charge in [-0.15, -0.1) is 0 Å². The molecule has 0 aliphatic carbocycles. The van der Waals surface area contributed by atoms with Gasteiger partial charge in [-0.2, -0.15) is 0 Å². The molecule has 1 amide bonds. The second-order valence-electron chi connectivity index (χ2n) is 3.31. The number of nitrogens with zero attached hydrogens (tertiary/aromatic N) is 1. The third kappa shape index (κ3) is 1.65. The molecule has 2 heterocycles. The zero-order valence-electron chi connectivity index (χ0n) is 7.77. The molecular formula is C9H9NO5. The van der Waals surface area contributed by atoms with Crippen LogP contribution in [0.1, 0.15) is 11.3 Å². The Bertz CT molecular complexity index is 464. The van der Waals surface area contributed by atoms with Crippen LogP contribution < -0.4 is 5.63 Å². The number of hydrogen-bond acceptors (Lipinski definition) is 4. The highest BCUT2D eigenvalue weighted by atomic mass is 16.4. The Morgan fingerprint density at radius 3 is 2.93 bits per heavy atom. The molecule has 2 rings (SSSR count). The van der Waals surface area contributed by atoms with Gasteiger partial charge in [-0.05, 0) is 0 Å². The molecule has 15 heavy (non-hydrogen) atoms. The lowest BCUT2D eigenvalue weighted by Gasteiger charge is -2.25. The van der Waals surface area contributed by atoms with Crippen LogP contribution in [0.5, 0.6) is 5.75 Å². The van der Waals surface area contributed by atoms with Gasteiger partial charge in [0.25, 0.3) is 0 Å². The van der Waals surface area contributed by atoms with Crippen molar-refractivity contribution in [1.82, 2.24) is 4.90 Å². The lowest BCUT2D eigenvalue weighted by molar-refractivity contribution is 0.136. The van der Waals surface area contributed by atoms with E-state index in [-0.39, 0.29) is 18.8 Å². The van der Waals surface area contributed by atoms with Crippen molar-refractivity contribution in [3.63, 3.8) is 0 Å². The summed E-state index contributed by atoms with van der Waals surface area (Å²) in [4.78, 5) is 22.8. The Hall–Kier alpha value is -1.98. The molecule has 1 aliphatic rings. The summed E-state index contributed by atoms with van der Waals surface area (Å²) < 4.78 is 4.87. The number of aromatic hydroxyl groups is 1. The summed E-state index contributed by atoms with van der Waals surface area (Å²) in [5.74, 6) is 0.171. The van der Waals surface area contributed by atoms with Crippen LogP contribution in [-0.2, 0) is 13.0 Å². The van der Waals surface area contributed by atoms with Crippen LogP contribution in [0.4, 0.5) is 4.79 Å². The maximum absolute atomic E-state index is 10.9. The molecule has 2 N–H and O–H groups in total. The Morgan fingerprint density at radius 2 is 2.27 bits per heavy atom. The minimum atomic E-state index is -1.05. The third-order valence-electron chi connectivity index (χ3n) is 2.35. The normalized spacial score (nSPS) is 14.8. The quantitative estimate of drug-likeness (QED) is 0.647. The van der Waals surface area contributed by atoms with E-state index in [2.05, 4.69) is 0 Å².